The number of thiophene rings is 1. The highest BCUT2D eigenvalue weighted by atomic mass is 32.1. The monoisotopic (exact) mass is 511 g/mol. The van der Waals surface area contributed by atoms with Crippen LogP contribution in [0.25, 0.3) is 0 Å². The van der Waals surface area contributed by atoms with Crippen molar-refractivity contribution in [3.8, 4) is 11.5 Å². The van der Waals surface area contributed by atoms with Crippen LogP contribution in [-0.2, 0) is 19.1 Å². The molecule has 2 aliphatic rings. The number of ketones is 1. The molecule has 1 aromatic carbocycles. The Hall–Kier alpha value is -3.10. The molecule has 4 rings (SSSR count). The fraction of sp³-hybridized carbons (Fsp3) is 0.429. The van der Waals surface area contributed by atoms with Crippen LogP contribution in [0.3, 0.4) is 0 Å². The van der Waals surface area contributed by atoms with E-state index in [-0.39, 0.29) is 24.4 Å². The third kappa shape index (κ3) is 5.20. The van der Waals surface area contributed by atoms with Crippen molar-refractivity contribution in [1.29, 1.82) is 0 Å². The van der Waals surface area contributed by atoms with Crippen molar-refractivity contribution >= 4 is 23.1 Å². The molecule has 2 atom stereocenters. The molecule has 36 heavy (non-hydrogen) atoms. The maximum atomic E-state index is 13.7. The van der Waals surface area contributed by atoms with E-state index in [9.17, 15) is 9.59 Å². The summed E-state index contributed by atoms with van der Waals surface area (Å²) in [5.41, 5.74) is 3.19. The van der Waals surface area contributed by atoms with E-state index < -0.39 is 11.9 Å². The highest BCUT2D eigenvalue weighted by molar-refractivity contribution is 7.10. The van der Waals surface area contributed by atoms with Gasteiger partial charge in [0, 0.05) is 39.7 Å². The van der Waals surface area contributed by atoms with Gasteiger partial charge >= 0.3 is 5.97 Å². The van der Waals surface area contributed by atoms with E-state index in [0.717, 1.165) is 5.70 Å². The van der Waals surface area contributed by atoms with Gasteiger partial charge in [0.2, 0.25) is 0 Å². The minimum Gasteiger partial charge on any atom is -0.493 e. The summed E-state index contributed by atoms with van der Waals surface area (Å²) >= 11 is 1.66. The Morgan fingerprint density at radius 2 is 1.92 bits per heavy atom. The average Bonchev–Trinajstić information content (AvgIpc) is 3.40. The van der Waals surface area contributed by atoms with Gasteiger partial charge in [-0.2, -0.15) is 0 Å². The summed E-state index contributed by atoms with van der Waals surface area (Å²) in [5.74, 6) is 0.0203. The zero-order valence-corrected chi connectivity index (χ0v) is 22.2. The number of allylic oxidation sites excluding steroid dienone is 3. The van der Waals surface area contributed by atoms with Crippen LogP contribution >= 0.6 is 11.3 Å². The lowest BCUT2D eigenvalue weighted by atomic mass is 9.72. The molecular formula is C28H33NO6S. The van der Waals surface area contributed by atoms with Gasteiger partial charge in [0.15, 0.2) is 17.3 Å². The molecule has 0 bridgehead atoms. The maximum Gasteiger partial charge on any atom is 0.336 e. The van der Waals surface area contributed by atoms with Gasteiger partial charge < -0.3 is 24.3 Å². The van der Waals surface area contributed by atoms with Crippen LogP contribution < -0.4 is 14.8 Å². The summed E-state index contributed by atoms with van der Waals surface area (Å²) in [6.07, 6.45) is 1.11. The first kappa shape index (κ1) is 26.0. The van der Waals surface area contributed by atoms with Crippen LogP contribution in [0.2, 0.25) is 0 Å². The van der Waals surface area contributed by atoms with Crippen LogP contribution in [0.4, 0.5) is 0 Å². The number of methoxy groups -OCH3 is 2. The van der Waals surface area contributed by atoms with Gasteiger partial charge in [-0.05, 0) is 44.7 Å². The minimum absolute atomic E-state index is 0.0120. The number of rotatable bonds is 9. The van der Waals surface area contributed by atoms with E-state index in [0.29, 0.717) is 53.4 Å². The van der Waals surface area contributed by atoms with E-state index in [2.05, 4.69) is 11.4 Å². The summed E-state index contributed by atoms with van der Waals surface area (Å²) in [6, 6.07) is 9.60. The Morgan fingerprint density at radius 1 is 1.11 bits per heavy atom. The van der Waals surface area contributed by atoms with Gasteiger partial charge in [-0.1, -0.05) is 18.2 Å². The Morgan fingerprint density at radius 3 is 2.58 bits per heavy atom. The Kier molecular flexibility index (Phi) is 8.16. The van der Waals surface area contributed by atoms with Crippen molar-refractivity contribution in [3.63, 3.8) is 0 Å². The normalized spacial score (nSPS) is 19.8. The number of para-hydroxylation sites is 1. The van der Waals surface area contributed by atoms with Gasteiger partial charge in [0.05, 0.1) is 38.4 Å². The van der Waals surface area contributed by atoms with Crippen LogP contribution in [0.15, 0.2) is 58.3 Å². The molecule has 1 N–H and O–H groups in total. The van der Waals surface area contributed by atoms with Crippen molar-refractivity contribution in [2.24, 2.45) is 0 Å². The first-order chi connectivity index (χ1) is 17.3. The Balaban J connectivity index is 1.77. The number of ether oxygens (including phenoxy) is 4. The summed E-state index contributed by atoms with van der Waals surface area (Å²) in [4.78, 5) is 28.3. The lowest BCUT2D eigenvalue weighted by Crippen LogP contribution is -2.36. The number of nitrogens with one attached hydrogen (secondary N) is 1. The van der Waals surface area contributed by atoms with Crippen LogP contribution in [0.5, 0.6) is 11.5 Å². The first-order valence-electron chi connectivity index (χ1n) is 12.1. The highest BCUT2D eigenvalue weighted by Crippen LogP contribution is 2.49. The predicted octanol–water partition coefficient (Wildman–Crippen LogP) is 5.10. The SMILES string of the molecule is COc1cccc([C@@H]2C(C(=O)OCCOC(C)C)=C(C)NC3=C2C(=O)C[C@@H](c2cccs2)C3)c1OC. The van der Waals surface area contributed by atoms with Crippen molar-refractivity contribution in [1.82, 2.24) is 5.32 Å². The lowest BCUT2D eigenvalue weighted by Gasteiger charge is -2.37. The molecule has 1 aliphatic carbocycles. The molecule has 2 aromatic rings. The number of carbonyl (C=O) groups excluding carboxylic acids is 2. The molecule has 192 valence electrons. The second kappa shape index (κ2) is 11.3. The number of hydrogen-bond acceptors (Lipinski definition) is 8. The van der Waals surface area contributed by atoms with E-state index in [1.165, 1.54) is 4.88 Å². The van der Waals surface area contributed by atoms with Gasteiger partial charge in [-0.3, -0.25) is 4.79 Å². The molecule has 0 saturated carbocycles. The summed E-state index contributed by atoms with van der Waals surface area (Å²) < 4.78 is 22.4. The number of esters is 1. The first-order valence-corrected chi connectivity index (χ1v) is 13.0. The molecule has 7 nitrogen and oxygen atoms in total. The highest BCUT2D eigenvalue weighted by Gasteiger charge is 2.43. The van der Waals surface area contributed by atoms with Crippen molar-refractivity contribution in [3.05, 3.63) is 68.7 Å². The topological polar surface area (TPSA) is 83.1 Å². The van der Waals surface area contributed by atoms with Gasteiger partial charge in [-0.15, -0.1) is 11.3 Å². The molecule has 0 amide bonds. The quantitative estimate of drug-likeness (QED) is 0.371. The summed E-state index contributed by atoms with van der Waals surface area (Å²) in [6.45, 7) is 6.12. The Labute approximate surface area is 216 Å². The fourth-order valence-corrected chi connectivity index (χ4v) is 5.81. The van der Waals surface area contributed by atoms with E-state index >= 15 is 0 Å². The lowest BCUT2D eigenvalue weighted by molar-refractivity contribution is -0.141. The smallest absolute Gasteiger partial charge is 0.336 e. The van der Waals surface area contributed by atoms with Crippen molar-refractivity contribution in [2.45, 2.75) is 51.6 Å². The summed E-state index contributed by atoms with van der Waals surface area (Å²) in [5, 5.41) is 5.42. The molecule has 1 aliphatic heterocycles. The van der Waals surface area contributed by atoms with E-state index in [1.807, 2.05) is 44.4 Å². The van der Waals surface area contributed by atoms with E-state index in [4.69, 9.17) is 18.9 Å². The van der Waals surface area contributed by atoms with Gasteiger partial charge in [0.1, 0.15) is 6.61 Å². The molecule has 1 aromatic heterocycles. The van der Waals surface area contributed by atoms with Gasteiger partial charge in [-0.25, -0.2) is 4.79 Å². The average molecular weight is 512 g/mol. The summed E-state index contributed by atoms with van der Waals surface area (Å²) in [7, 11) is 3.13. The molecule has 0 spiro atoms. The molecule has 8 heteroatoms. The second-order valence-electron chi connectivity index (χ2n) is 9.17. The van der Waals surface area contributed by atoms with Gasteiger partial charge in [0.25, 0.3) is 0 Å². The van der Waals surface area contributed by atoms with Crippen molar-refractivity contribution < 1.29 is 28.5 Å². The number of Topliss-reactive ketones (excluding diaryl/α,β-unsaturated/α-hetero) is 1. The van der Waals surface area contributed by atoms with Crippen LogP contribution in [0, 0.1) is 0 Å². The van der Waals surface area contributed by atoms with Crippen LogP contribution in [0.1, 0.15) is 55.9 Å². The second-order valence-corrected chi connectivity index (χ2v) is 10.2. The zero-order chi connectivity index (χ0) is 25.8. The number of dihydropyridines is 1. The molecule has 2 heterocycles. The molecule has 0 unspecified atom stereocenters. The minimum atomic E-state index is -0.637. The molecular weight excluding hydrogens is 478 g/mol. The predicted molar refractivity (Wildman–Crippen MR) is 138 cm³/mol. The maximum absolute atomic E-state index is 13.7. The van der Waals surface area contributed by atoms with Crippen LogP contribution in [-0.4, -0.2) is 45.3 Å². The third-order valence-electron chi connectivity index (χ3n) is 6.51. The van der Waals surface area contributed by atoms with Crippen molar-refractivity contribution in [2.75, 3.05) is 27.4 Å². The number of carbonyl (C=O) groups is 2. The van der Waals surface area contributed by atoms with E-state index in [1.54, 1.807) is 31.6 Å². The zero-order valence-electron chi connectivity index (χ0n) is 21.4. The number of hydrogen-bond donors (Lipinski definition) is 1. The largest absolute Gasteiger partial charge is 0.493 e. The fourth-order valence-electron chi connectivity index (χ4n) is 4.98. The standard InChI is InChI=1S/C28H33NO6S/c1-16(2)34-11-12-35-28(31)24-17(3)29-20-14-18(23-10-7-13-36-23)15-21(30)26(20)25(24)19-8-6-9-22(32-4)27(19)33-5/h6-10,13,16,18,25,29H,11-12,14-15H2,1-5H3/t18-,25+/m0/s1. The third-order valence-corrected chi connectivity index (χ3v) is 7.54. The number of benzene rings is 1. The Bertz CT molecular complexity index is 1180. The molecule has 0 fully saturated rings. The molecule has 0 saturated heterocycles. The molecule has 0 radical (unpaired) electrons.